The van der Waals surface area contributed by atoms with Crippen LogP contribution in [0.4, 0.5) is 5.69 Å². The number of nitrogens with one attached hydrogen (secondary N) is 1. The number of benzene rings is 1. The number of ether oxygens (including phenoxy) is 1. The molecule has 2 rings (SSSR count). The van der Waals surface area contributed by atoms with Gasteiger partial charge >= 0.3 is 0 Å². The van der Waals surface area contributed by atoms with Crippen LogP contribution in [-0.4, -0.2) is 23.7 Å². The highest BCUT2D eigenvalue weighted by atomic mass is 32.2. The number of nitrogens with zero attached hydrogens (tertiary/aromatic N) is 1. The summed E-state index contributed by atoms with van der Waals surface area (Å²) in [7, 11) is 0. The van der Waals surface area contributed by atoms with E-state index in [4.69, 9.17) is 4.74 Å². The number of non-ortho nitro benzene ring substituents is 1. The fourth-order valence-corrected chi connectivity index (χ4v) is 3.15. The average molecular weight is 308 g/mol. The zero-order valence-corrected chi connectivity index (χ0v) is 12.7. The Kier molecular flexibility index (Phi) is 6.22. The van der Waals surface area contributed by atoms with E-state index in [1.165, 1.54) is 24.1 Å². The summed E-state index contributed by atoms with van der Waals surface area (Å²) in [5.41, 5.74) is 0.124. The molecule has 0 heterocycles. The minimum atomic E-state index is -0.383. The second-order valence-electron chi connectivity index (χ2n) is 5.07. The molecule has 0 unspecified atom stereocenters. The maximum Gasteiger partial charge on any atom is 0.269 e. The van der Waals surface area contributed by atoms with Crippen molar-refractivity contribution in [3.8, 4) is 0 Å². The van der Waals surface area contributed by atoms with Crippen molar-refractivity contribution in [1.29, 1.82) is 0 Å². The van der Waals surface area contributed by atoms with E-state index in [1.807, 2.05) is 0 Å². The van der Waals surface area contributed by atoms with Crippen LogP contribution in [0.5, 0.6) is 0 Å². The quantitative estimate of drug-likeness (QED) is 0.360. The van der Waals surface area contributed by atoms with Crippen LogP contribution < -0.4 is 4.72 Å². The Hall–Kier alpha value is -1.37. The molecular formula is C15H20N2O3S. The first-order chi connectivity index (χ1) is 10.2. The predicted molar refractivity (Wildman–Crippen MR) is 84.3 cm³/mol. The van der Waals surface area contributed by atoms with E-state index in [1.54, 1.807) is 18.2 Å². The molecular weight excluding hydrogens is 288 g/mol. The highest BCUT2D eigenvalue weighted by molar-refractivity contribution is 7.97. The second-order valence-corrected chi connectivity index (χ2v) is 5.98. The van der Waals surface area contributed by atoms with Crippen molar-refractivity contribution >= 4 is 17.6 Å². The largest absolute Gasteiger partial charge is 0.374 e. The Morgan fingerprint density at radius 1 is 1.33 bits per heavy atom. The van der Waals surface area contributed by atoms with Gasteiger partial charge in [0.05, 0.1) is 17.6 Å². The Bertz CT molecular complexity index is 470. The third-order valence-electron chi connectivity index (χ3n) is 3.51. The summed E-state index contributed by atoms with van der Waals surface area (Å²) in [5, 5.41) is 10.6. The smallest absolute Gasteiger partial charge is 0.269 e. The molecule has 1 fully saturated rings. The van der Waals surface area contributed by atoms with Crippen LogP contribution in [0.15, 0.2) is 41.8 Å². The Labute approximate surface area is 129 Å². The van der Waals surface area contributed by atoms with E-state index < -0.39 is 0 Å². The van der Waals surface area contributed by atoms with Crippen LogP contribution in [0.1, 0.15) is 25.7 Å². The monoisotopic (exact) mass is 308 g/mol. The Morgan fingerprint density at radius 3 is 2.57 bits per heavy atom. The van der Waals surface area contributed by atoms with Crippen LogP contribution in [0.25, 0.3) is 0 Å². The molecule has 1 N–H and O–H groups in total. The van der Waals surface area contributed by atoms with Crippen LogP contribution >= 0.6 is 11.9 Å². The van der Waals surface area contributed by atoms with Crippen LogP contribution in [-0.2, 0) is 4.74 Å². The molecule has 114 valence electrons. The maximum atomic E-state index is 10.6. The zero-order valence-electron chi connectivity index (χ0n) is 11.9. The predicted octanol–water partition coefficient (Wildman–Crippen LogP) is 3.71. The lowest BCUT2D eigenvalue weighted by Gasteiger charge is -2.28. The molecule has 0 spiro atoms. The van der Waals surface area contributed by atoms with Crippen molar-refractivity contribution < 1.29 is 9.66 Å². The zero-order chi connectivity index (χ0) is 15.1. The maximum absolute atomic E-state index is 10.6. The molecule has 0 aliphatic heterocycles. The van der Waals surface area contributed by atoms with Gasteiger partial charge in [-0.25, -0.2) is 0 Å². The lowest BCUT2D eigenvalue weighted by molar-refractivity contribution is -0.384. The van der Waals surface area contributed by atoms with Crippen molar-refractivity contribution in [2.24, 2.45) is 0 Å². The molecule has 0 saturated heterocycles. The molecule has 1 saturated carbocycles. The summed E-state index contributed by atoms with van der Waals surface area (Å²) < 4.78 is 9.10. The Balaban J connectivity index is 1.72. The van der Waals surface area contributed by atoms with E-state index >= 15 is 0 Å². The van der Waals surface area contributed by atoms with Crippen molar-refractivity contribution in [3.05, 3.63) is 47.0 Å². The normalized spacial score (nSPS) is 21.9. The van der Waals surface area contributed by atoms with Crippen LogP contribution in [0.2, 0.25) is 0 Å². The lowest BCUT2D eigenvalue weighted by atomic mass is 9.94. The Morgan fingerprint density at radius 2 is 2.00 bits per heavy atom. The average Bonchev–Trinajstić information content (AvgIpc) is 2.52. The molecule has 0 amide bonds. The summed E-state index contributed by atoms with van der Waals surface area (Å²) >= 11 is 1.54. The topological polar surface area (TPSA) is 64.4 Å². The fraction of sp³-hybridized carbons (Fsp3) is 0.467. The van der Waals surface area contributed by atoms with Crippen LogP contribution in [0.3, 0.4) is 0 Å². The first-order valence-corrected chi connectivity index (χ1v) is 7.90. The van der Waals surface area contributed by atoms with Gasteiger partial charge in [-0.1, -0.05) is 6.08 Å². The summed E-state index contributed by atoms with van der Waals surface area (Å²) in [4.78, 5) is 11.2. The fourth-order valence-electron chi connectivity index (χ4n) is 2.34. The summed E-state index contributed by atoms with van der Waals surface area (Å²) in [6, 6.07) is 7.07. The van der Waals surface area contributed by atoms with Crippen molar-refractivity contribution in [2.45, 2.75) is 42.7 Å². The van der Waals surface area contributed by atoms with Gasteiger partial charge in [0.15, 0.2) is 0 Å². The van der Waals surface area contributed by atoms with Crippen molar-refractivity contribution in [1.82, 2.24) is 4.72 Å². The third-order valence-corrected chi connectivity index (χ3v) is 4.47. The molecule has 1 aromatic rings. The molecule has 6 heteroatoms. The van der Waals surface area contributed by atoms with Crippen molar-refractivity contribution in [2.75, 3.05) is 6.61 Å². The van der Waals surface area contributed by atoms with E-state index in [-0.39, 0.29) is 10.6 Å². The van der Waals surface area contributed by atoms with Crippen LogP contribution in [0, 0.1) is 10.1 Å². The van der Waals surface area contributed by atoms with Gasteiger partial charge < -0.3 is 4.74 Å². The minimum Gasteiger partial charge on any atom is -0.374 e. The number of hydrogen-bond acceptors (Lipinski definition) is 5. The van der Waals surface area contributed by atoms with E-state index in [0.29, 0.717) is 18.8 Å². The third kappa shape index (κ3) is 5.15. The molecule has 0 aromatic heterocycles. The van der Waals surface area contributed by atoms with Gasteiger partial charge in [-0.3, -0.25) is 14.8 Å². The number of nitro benzene ring substituents is 1. The van der Waals surface area contributed by atoms with Gasteiger partial charge in [-0.05, 0) is 49.8 Å². The van der Waals surface area contributed by atoms with E-state index in [0.717, 1.165) is 30.6 Å². The molecule has 1 aliphatic carbocycles. The van der Waals surface area contributed by atoms with Gasteiger partial charge in [-0.2, -0.15) is 0 Å². The standard InChI is InChI=1S/C15H20N2O3S/c1-2-11-20-14-7-3-12(4-8-14)16-21-15-9-5-13(6-10-15)17(18)19/h2,5-6,9-10,12,14,16H,1,3-4,7-8,11H2. The minimum absolute atomic E-state index is 0.124. The SMILES string of the molecule is C=CCOC1CCC(NSc2ccc([N+](=O)[O-])cc2)CC1. The molecule has 21 heavy (non-hydrogen) atoms. The molecule has 0 bridgehead atoms. The highest BCUT2D eigenvalue weighted by Gasteiger charge is 2.21. The lowest BCUT2D eigenvalue weighted by Crippen LogP contribution is -2.31. The summed E-state index contributed by atoms with van der Waals surface area (Å²) in [6.07, 6.45) is 6.43. The van der Waals surface area contributed by atoms with Crippen molar-refractivity contribution in [3.63, 3.8) is 0 Å². The molecule has 1 aliphatic rings. The van der Waals surface area contributed by atoms with E-state index in [2.05, 4.69) is 11.3 Å². The first kappa shape index (κ1) is 16.0. The second kappa shape index (κ2) is 8.17. The highest BCUT2D eigenvalue weighted by Crippen LogP contribution is 2.25. The van der Waals surface area contributed by atoms with Gasteiger partial charge in [0.2, 0.25) is 0 Å². The molecule has 5 nitrogen and oxygen atoms in total. The number of hydrogen-bond donors (Lipinski definition) is 1. The van der Waals surface area contributed by atoms with Gasteiger partial charge in [0, 0.05) is 23.1 Å². The number of nitro groups is 1. The van der Waals surface area contributed by atoms with Gasteiger partial charge in [0.1, 0.15) is 0 Å². The molecule has 1 aromatic carbocycles. The van der Waals surface area contributed by atoms with E-state index in [9.17, 15) is 10.1 Å². The van der Waals surface area contributed by atoms with Gasteiger partial charge in [-0.15, -0.1) is 6.58 Å². The summed E-state index contributed by atoms with van der Waals surface area (Å²) in [5.74, 6) is 0. The van der Waals surface area contributed by atoms with Gasteiger partial charge in [0.25, 0.3) is 5.69 Å². The number of rotatable bonds is 7. The molecule has 0 radical (unpaired) electrons. The first-order valence-electron chi connectivity index (χ1n) is 7.08. The summed E-state index contributed by atoms with van der Waals surface area (Å²) in [6.45, 7) is 4.28. The molecule has 0 atom stereocenters.